The fourth-order valence-corrected chi connectivity index (χ4v) is 3.61. The van der Waals surface area contributed by atoms with Gasteiger partial charge >= 0.3 is 16.9 Å². The third-order valence-corrected chi connectivity index (χ3v) is 4.73. The Bertz CT molecular complexity index is 1100. The van der Waals surface area contributed by atoms with Gasteiger partial charge in [0.05, 0.1) is 35.3 Å². The maximum absolute atomic E-state index is 12.4. The molecule has 0 bridgehead atoms. The van der Waals surface area contributed by atoms with Gasteiger partial charge in [-0.25, -0.2) is 8.96 Å². The molecule has 2 aromatic heterocycles. The minimum absolute atomic E-state index is 0.0184. The number of rotatable bonds is 6. The average Bonchev–Trinajstić information content (AvgIpc) is 2.91. The third-order valence-electron chi connectivity index (χ3n) is 3.57. The Kier molecular flexibility index (Phi) is 5.18. The Labute approximate surface area is 157 Å². The predicted molar refractivity (Wildman–Crippen MR) is 91.9 cm³/mol. The lowest BCUT2D eigenvalue weighted by Crippen LogP contribution is -2.15. The van der Waals surface area contributed by atoms with Gasteiger partial charge in [0.25, 0.3) is 0 Å². The van der Waals surface area contributed by atoms with E-state index in [-0.39, 0.29) is 45.5 Å². The van der Waals surface area contributed by atoms with Crippen molar-refractivity contribution >= 4 is 32.9 Å². The number of halogens is 3. The Morgan fingerprint density at radius 2 is 2.07 bits per heavy atom. The highest BCUT2D eigenvalue weighted by Gasteiger charge is 2.23. The van der Waals surface area contributed by atoms with Crippen LogP contribution in [-0.2, 0) is 16.7 Å². The van der Waals surface area contributed by atoms with Gasteiger partial charge < -0.3 is 9.47 Å². The maximum Gasteiger partial charge on any atom is 0.387 e. The van der Waals surface area contributed by atoms with Crippen LogP contribution in [-0.4, -0.2) is 40.6 Å². The number of hydrogen-bond acceptors (Lipinski definition) is 6. The molecular formula is C15H12ClF2N3O5S. The van der Waals surface area contributed by atoms with Gasteiger partial charge in [-0.15, -0.1) is 0 Å². The zero-order valence-corrected chi connectivity index (χ0v) is 15.2. The van der Waals surface area contributed by atoms with Crippen LogP contribution in [0.2, 0.25) is 5.02 Å². The summed E-state index contributed by atoms with van der Waals surface area (Å²) in [7, 11) is -3.37. The van der Waals surface area contributed by atoms with Crippen molar-refractivity contribution in [2.24, 2.45) is 0 Å². The number of methoxy groups -OCH3 is 1. The van der Waals surface area contributed by atoms with Crippen LogP contribution in [0.4, 0.5) is 8.78 Å². The molecule has 2 heterocycles. The van der Waals surface area contributed by atoms with Crippen molar-refractivity contribution in [3.63, 3.8) is 0 Å². The molecule has 3 rings (SSSR count). The topological polar surface area (TPSA) is 104 Å². The first-order chi connectivity index (χ1) is 12.7. The summed E-state index contributed by atoms with van der Waals surface area (Å²) < 4.78 is 68.1. The first-order valence-electron chi connectivity index (χ1n) is 7.32. The molecule has 0 amide bonds. The van der Waals surface area contributed by atoms with E-state index in [1.165, 1.54) is 25.4 Å². The molecule has 0 radical (unpaired) electrons. The van der Waals surface area contributed by atoms with Gasteiger partial charge in [0.15, 0.2) is 5.75 Å². The van der Waals surface area contributed by atoms with Gasteiger partial charge in [0, 0.05) is 12.3 Å². The summed E-state index contributed by atoms with van der Waals surface area (Å²) in [6, 6.07) is 4.96. The summed E-state index contributed by atoms with van der Waals surface area (Å²) in [6.45, 7) is -3.05. The molecule has 8 nitrogen and oxygen atoms in total. The monoisotopic (exact) mass is 419 g/mol. The quantitative estimate of drug-likeness (QED) is 0.612. The van der Waals surface area contributed by atoms with Gasteiger partial charge in [-0.3, -0.25) is 9.54 Å². The van der Waals surface area contributed by atoms with E-state index in [0.29, 0.717) is 3.97 Å². The molecule has 0 fully saturated rings. The first-order valence-corrected chi connectivity index (χ1v) is 9.09. The number of nitrogens with zero attached hydrogens (tertiary/aromatic N) is 3. The molecule has 0 saturated heterocycles. The highest BCUT2D eigenvalue weighted by molar-refractivity contribution is 7.84. The largest absolute Gasteiger partial charge is 0.493 e. The van der Waals surface area contributed by atoms with E-state index in [1.807, 2.05) is 0 Å². The van der Waals surface area contributed by atoms with Crippen LogP contribution >= 0.6 is 11.6 Å². The SMILES string of the molecule is COc1c(Cl)ccnc1Cc1nc2cc(OC(F)F)ccc2n1S(=O)(=O)O. The lowest BCUT2D eigenvalue weighted by Gasteiger charge is -2.09. The summed E-state index contributed by atoms with van der Waals surface area (Å²) in [4.78, 5) is 8.20. The minimum atomic E-state index is -4.74. The average molecular weight is 420 g/mol. The van der Waals surface area contributed by atoms with Gasteiger partial charge in [-0.2, -0.15) is 17.2 Å². The maximum atomic E-state index is 12.4. The third kappa shape index (κ3) is 3.94. The number of aromatic nitrogens is 3. The number of imidazole rings is 1. The number of hydrogen-bond donors (Lipinski definition) is 1. The summed E-state index contributed by atoms with van der Waals surface area (Å²) in [6.07, 6.45) is 1.23. The lowest BCUT2D eigenvalue weighted by molar-refractivity contribution is -0.0497. The van der Waals surface area contributed by atoms with E-state index in [2.05, 4.69) is 14.7 Å². The smallest absolute Gasteiger partial charge is 0.387 e. The van der Waals surface area contributed by atoms with Gasteiger partial charge in [0.2, 0.25) is 0 Å². The van der Waals surface area contributed by atoms with Gasteiger partial charge in [0.1, 0.15) is 11.6 Å². The van der Waals surface area contributed by atoms with Crippen molar-refractivity contribution in [2.45, 2.75) is 13.0 Å². The fraction of sp³-hybridized carbons (Fsp3) is 0.200. The Morgan fingerprint density at radius 1 is 1.33 bits per heavy atom. The van der Waals surface area contributed by atoms with Crippen LogP contribution < -0.4 is 9.47 Å². The van der Waals surface area contributed by atoms with Crippen LogP contribution in [0.3, 0.4) is 0 Å². The van der Waals surface area contributed by atoms with Crippen LogP contribution in [0.1, 0.15) is 11.5 Å². The van der Waals surface area contributed by atoms with Crippen molar-refractivity contribution in [2.75, 3.05) is 7.11 Å². The van der Waals surface area contributed by atoms with E-state index >= 15 is 0 Å². The van der Waals surface area contributed by atoms with E-state index in [0.717, 1.165) is 12.1 Å². The summed E-state index contributed by atoms with van der Waals surface area (Å²) in [5.74, 6) is -0.105. The number of benzene rings is 1. The molecule has 3 aromatic rings. The fourth-order valence-electron chi connectivity index (χ4n) is 2.59. The highest BCUT2D eigenvalue weighted by atomic mass is 35.5. The number of ether oxygens (including phenoxy) is 2. The van der Waals surface area contributed by atoms with Crippen molar-refractivity contribution < 1.29 is 31.2 Å². The second kappa shape index (κ2) is 7.25. The predicted octanol–water partition coefficient (Wildman–Crippen LogP) is 2.94. The Morgan fingerprint density at radius 3 is 2.70 bits per heavy atom. The van der Waals surface area contributed by atoms with Gasteiger partial charge in [-0.05, 0) is 18.2 Å². The highest BCUT2D eigenvalue weighted by Crippen LogP contribution is 2.30. The van der Waals surface area contributed by atoms with Crippen LogP contribution in [0, 0.1) is 0 Å². The van der Waals surface area contributed by atoms with Crippen molar-refractivity contribution in [3.05, 3.63) is 47.0 Å². The van der Waals surface area contributed by atoms with Crippen molar-refractivity contribution in [1.29, 1.82) is 0 Å². The van der Waals surface area contributed by atoms with E-state index in [4.69, 9.17) is 16.3 Å². The van der Waals surface area contributed by atoms with Crippen molar-refractivity contribution in [1.82, 2.24) is 13.9 Å². The molecule has 12 heteroatoms. The molecule has 27 heavy (non-hydrogen) atoms. The molecule has 0 spiro atoms. The summed E-state index contributed by atoms with van der Waals surface area (Å²) in [5, 5.41) is 0.254. The molecule has 144 valence electrons. The molecule has 0 aliphatic carbocycles. The van der Waals surface area contributed by atoms with E-state index in [1.54, 1.807) is 0 Å². The van der Waals surface area contributed by atoms with Crippen LogP contribution in [0.25, 0.3) is 11.0 Å². The molecule has 1 N–H and O–H groups in total. The molecule has 0 unspecified atom stereocenters. The molecule has 1 aromatic carbocycles. The Balaban J connectivity index is 2.16. The molecule has 0 aliphatic heterocycles. The van der Waals surface area contributed by atoms with Gasteiger partial charge in [-0.1, -0.05) is 11.6 Å². The second-order valence-corrected chi connectivity index (χ2v) is 6.92. The lowest BCUT2D eigenvalue weighted by atomic mass is 10.2. The molecule has 0 atom stereocenters. The zero-order valence-electron chi connectivity index (χ0n) is 13.6. The van der Waals surface area contributed by atoms with Crippen LogP contribution in [0.15, 0.2) is 30.5 Å². The number of fused-ring (bicyclic) bond motifs is 1. The number of alkyl halides is 2. The summed E-state index contributed by atoms with van der Waals surface area (Å²) >= 11 is 6.03. The molecule has 0 aliphatic rings. The second-order valence-electron chi connectivity index (χ2n) is 5.25. The zero-order chi connectivity index (χ0) is 19.8. The minimum Gasteiger partial charge on any atom is -0.493 e. The molecular weight excluding hydrogens is 408 g/mol. The Hall–Kier alpha value is -2.50. The standard InChI is InChI=1S/C15H12ClF2N3O5S/c1-25-14-9(16)4-5-19-11(14)7-13-20-10-6-8(26-15(17)18)2-3-12(10)21(13)27(22,23)24/h2-6,15H,7H2,1H3,(H,22,23,24). The van der Waals surface area contributed by atoms with Crippen molar-refractivity contribution in [3.8, 4) is 11.5 Å². The van der Waals surface area contributed by atoms with E-state index < -0.39 is 16.9 Å². The van der Waals surface area contributed by atoms with Crippen LogP contribution in [0.5, 0.6) is 11.5 Å². The summed E-state index contributed by atoms with van der Waals surface area (Å²) in [5.41, 5.74) is 0.283. The number of pyridine rings is 1. The molecule has 0 saturated carbocycles. The van der Waals surface area contributed by atoms with E-state index in [9.17, 15) is 21.8 Å². The normalized spacial score (nSPS) is 11.9. The first kappa shape index (κ1) is 19.3.